The van der Waals surface area contributed by atoms with E-state index in [1.165, 1.54) is 16.5 Å². The second kappa shape index (κ2) is 7.05. The lowest BCUT2D eigenvalue weighted by Gasteiger charge is -2.09. The Balaban J connectivity index is 1.32. The van der Waals surface area contributed by atoms with Crippen LogP contribution in [0.5, 0.6) is 0 Å². The molecule has 3 aromatic heterocycles. The highest BCUT2D eigenvalue weighted by atomic mass is 32.1. The van der Waals surface area contributed by atoms with Crippen LogP contribution >= 0.6 is 11.3 Å². The molecule has 0 amide bonds. The Morgan fingerprint density at radius 2 is 2.10 bits per heavy atom. The zero-order valence-corrected chi connectivity index (χ0v) is 16.4. The maximum atomic E-state index is 12.6. The molecule has 0 saturated carbocycles. The Labute approximate surface area is 169 Å². The molecule has 9 nitrogen and oxygen atoms in total. The number of thiazole rings is 1. The van der Waals surface area contributed by atoms with Crippen LogP contribution in [0.3, 0.4) is 0 Å². The normalized spacial score (nSPS) is 19.2. The Kier molecular flexibility index (Phi) is 4.36. The van der Waals surface area contributed by atoms with Crippen molar-refractivity contribution in [1.29, 1.82) is 0 Å². The summed E-state index contributed by atoms with van der Waals surface area (Å²) in [7, 11) is 0. The van der Waals surface area contributed by atoms with E-state index in [0.29, 0.717) is 33.8 Å². The Hall–Kier alpha value is -3.11. The van der Waals surface area contributed by atoms with Crippen molar-refractivity contribution in [3.05, 3.63) is 63.8 Å². The van der Waals surface area contributed by atoms with Crippen molar-refractivity contribution in [2.45, 2.75) is 31.9 Å². The zero-order chi connectivity index (χ0) is 20.0. The minimum absolute atomic E-state index is 0.0218. The van der Waals surface area contributed by atoms with Crippen molar-refractivity contribution >= 4 is 26.8 Å². The van der Waals surface area contributed by atoms with Crippen molar-refractivity contribution < 1.29 is 9.26 Å². The summed E-state index contributed by atoms with van der Waals surface area (Å²) in [5.41, 5.74) is 8.15. The van der Waals surface area contributed by atoms with E-state index in [4.69, 9.17) is 15.0 Å². The molecule has 1 aliphatic heterocycles. The lowest BCUT2D eigenvalue weighted by molar-refractivity contribution is 0.110. The van der Waals surface area contributed by atoms with Crippen molar-refractivity contribution in [3.63, 3.8) is 0 Å². The molecule has 2 N–H and O–H groups in total. The molecule has 2 atom stereocenters. The van der Waals surface area contributed by atoms with E-state index in [0.717, 1.165) is 23.3 Å². The third-order valence-corrected chi connectivity index (χ3v) is 5.86. The molecule has 5 rings (SSSR count). The number of nitrogens with two attached hydrogens (primary N) is 1. The topological polar surface area (TPSA) is 122 Å². The van der Waals surface area contributed by atoms with Crippen molar-refractivity contribution in [1.82, 2.24) is 24.7 Å². The summed E-state index contributed by atoms with van der Waals surface area (Å²) in [5, 5.41) is 4.41. The van der Waals surface area contributed by atoms with E-state index in [1.807, 2.05) is 0 Å². The van der Waals surface area contributed by atoms with Gasteiger partial charge >= 0.3 is 0 Å². The van der Waals surface area contributed by atoms with Crippen molar-refractivity contribution in [2.75, 3.05) is 12.3 Å². The molecule has 10 heteroatoms. The van der Waals surface area contributed by atoms with Crippen LogP contribution in [-0.4, -0.2) is 31.3 Å². The maximum absolute atomic E-state index is 12.6. The number of hydrogen-bond donors (Lipinski definition) is 1. The molecule has 1 aromatic carbocycles. The van der Waals surface area contributed by atoms with Crippen LogP contribution in [-0.2, 0) is 11.3 Å². The molecule has 29 heavy (non-hydrogen) atoms. The van der Waals surface area contributed by atoms with Gasteiger partial charge in [0.25, 0.3) is 5.56 Å². The molecule has 4 aromatic rings. The molecule has 0 unspecified atom stereocenters. The summed E-state index contributed by atoms with van der Waals surface area (Å²) < 4.78 is 13.1. The van der Waals surface area contributed by atoms with Gasteiger partial charge < -0.3 is 15.0 Å². The summed E-state index contributed by atoms with van der Waals surface area (Å²) in [6.07, 6.45) is 2.23. The fraction of sp³-hybridized carbons (Fsp3) is 0.316. The predicted octanol–water partition coefficient (Wildman–Crippen LogP) is 2.42. The van der Waals surface area contributed by atoms with Crippen LogP contribution in [0.15, 0.2) is 39.9 Å². The van der Waals surface area contributed by atoms with Gasteiger partial charge in [0.2, 0.25) is 5.89 Å². The minimum atomic E-state index is -0.229. The number of aryl methyl sites for hydroxylation is 1. The standard InChI is InChI=1S/C19H18N6O3S/c1-10-2-4-11(5-3-10)13-6-12(8-27-13)16-22-14(28-24-16)7-25-9-21-17-15(18(25)26)29-19(20)23-17/h2-5,9,12-13H,6-8H2,1H3,(H2,20,23)/t12-,13+/m0/s1. The second-order valence-corrected chi connectivity index (χ2v) is 8.12. The summed E-state index contributed by atoms with van der Waals surface area (Å²) in [6.45, 7) is 2.73. The Bertz CT molecular complexity index is 1230. The van der Waals surface area contributed by atoms with E-state index < -0.39 is 0 Å². The first-order valence-corrected chi connectivity index (χ1v) is 10.0. The number of ether oxygens (including phenoxy) is 1. The van der Waals surface area contributed by atoms with Gasteiger partial charge in [-0.05, 0) is 18.9 Å². The molecule has 0 bridgehead atoms. The monoisotopic (exact) mass is 410 g/mol. The van der Waals surface area contributed by atoms with Gasteiger partial charge in [0.1, 0.15) is 17.6 Å². The van der Waals surface area contributed by atoms with Gasteiger partial charge in [0.05, 0.1) is 12.7 Å². The molecule has 0 aliphatic carbocycles. The van der Waals surface area contributed by atoms with Crippen LogP contribution in [0.4, 0.5) is 5.13 Å². The van der Waals surface area contributed by atoms with Crippen LogP contribution in [0.1, 0.15) is 41.3 Å². The van der Waals surface area contributed by atoms with Crippen LogP contribution in [0.25, 0.3) is 10.3 Å². The van der Waals surface area contributed by atoms with E-state index in [1.54, 1.807) is 0 Å². The molecule has 1 fully saturated rings. The lowest BCUT2D eigenvalue weighted by atomic mass is 9.99. The number of anilines is 1. The molecule has 148 valence electrons. The number of aromatic nitrogens is 5. The summed E-state index contributed by atoms with van der Waals surface area (Å²) in [6, 6.07) is 8.34. The highest BCUT2D eigenvalue weighted by Gasteiger charge is 2.31. The molecule has 4 heterocycles. The minimum Gasteiger partial charge on any atom is -0.375 e. The van der Waals surface area contributed by atoms with E-state index in [2.05, 4.69) is 51.3 Å². The predicted molar refractivity (Wildman–Crippen MR) is 107 cm³/mol. The largest absolute Gasteiger partial charge is 0.375 e. The van der Waals surface area contributed by atoms with Gasteiger partial charge in [-0.25, -0.2) is 9.97 Å². The van der Waals surface area contributed by atoms with Gasteiger partial charge in [-0.1, -0.05) is 46.3 Å². The first-order valence-electron chi connectivity index (χ1n) is 9.19. The molecular formula is C19H18N6O3S. The number of rotatable bonds is 4. The molecule has 0 spiro atoms. The summed E-state index contributed by atoms with van der Waals surface area (Å²) >= 11 is 1.12. The lowest BCUT2D eigenvalue weighted by Crippen LogP contribution is -2.20. The van der Waals surface area contributed by atoms with Crippen molar-refractivity contribution in [3.8, 4) is 0 Å². The third-order valence-electron chi connectivity index (χ3n) is 5.00. The van der Waals surface area contributed by atoms with Gasteiger partial charge in [0, 0.05) is 5.92 Å². The van der Waals surface area contributed by atoms with Crippen LogP contribution < -0.4 is 11.3 Å². The number of benzene rings is 1. The van der Waals surface area contributed by atoms with Gasteiger partial charge in [-0.2, -0.15) is 4.98 Å². The molecular weight excluding hydrogens is 392 g/mol. The fourth-order valence-electron chi connectivity index (χ4n) is 3.44. The third kappa shape index (κ3) is 3.40. The SMILES string of the molecule is Cc1ccc([C@H]2C[C@H](c3noc(Cn4cnc5nc(N)sc5c4=O)n3)CO2)cc1. The number of nitrogens with zero attached hydrogens (tertiary/aromatic N) is 5. The van der Waals surface area contributed by atoms with Gasteiger partial charge in [0.15, 0.2) is 16.6 Å². The van der Waals surface area contributed by atoms with Crippen LogP contribution in [0, 0.1) is 6.92 Å². The Morgan fingerprint density at radius 1 is 1.28 bits per heavy atom. The average Bonchev–Trinajstić information content (AvgIpc) is 3.44. The maximum Gasteiger partial charge on any atom is 0.273 e. The highest BCUT2D eigenvalue weighted by Crippen LogP contribution is 2.37. The quantitative estimate of drug-likeness (QED) is 0.544. The Morgan fingerprint density at radius 3 is 2.93 bits per heavy atom. The second-order valence-electron chi connectivity index (χ2n) is 7.09. The van der Waals surface area contributed by atoms with E-state index >= 15 is 0 Å². The fourth-order valence-corrected chi connectivity index (χ4v) is 4.17. The smallest absolute Gasteiger partial charge is 0.273 e. The first-order chi connectivity index (χ1) is 14.1. The summed E-state index contributed by atoms with van der Waals surface area (Å²) in [5.74, 6) is 0.996. The highest BCUT2D eigenvalue weighted by molar-refractivity contribution is 7.21. The average molecular weight is 410 g/mol. The molecule has 1 saturated heterocycles. The van der Waals surface area contributed by atoms with E-state index in [-0.39, 0.29) is 24.1 Å². The van der Waals surface area contributed by atoms with Crippen molar-refractivity contribution in [2.24, 2.45) is 0 Å². The molecule has 0 radical (unpaired) electrons. The molecule has 1 aliphatic rings. The van der Waals surface area contributed by atoms with E-state index in [9.17, 15) is 4.79 Å². The van der Waals surface area contributed by atoms with Crippen LogP contribution in [0.2, 0.25) is 0 Å². The number of nitrogen functional groups attached to an aromatic ring is 1. The first kappa shape index (κ1) is 18.0. The van der Waals surface area contributed by atoms with Gasteiger partial charge in [-0.15, -0.1) is 0 Å². The van der Waals surface area contributed by atoms with Gasteiger partial charge in [-0.3, -0.25) is 9.36 Å². The number of fused-ring (bicyclic) bond motifs is 1. The zero-order valence-electron chi connectivity index (χ0n) is 15.6. The summed E-state index contributed by atoms with van der Waals surface area (Å²) in [4.78, 5) is 25.2. The number of hydrogen-bond acceptors (Lipinski definition) is 9.